The molecule has 0 fully saturated rings. The second-order valence-corrected chi connectivity index (χ2v) is 6.83. The molecule has 13 nitrogen and oxygen atoms in total. The molecule has 0 heterocycles. The zero-order chi connectivity index (χ0) is 23.4. The van der Waals surface area contributed by atoms with Gasteiger partial charge in [0.05, 0.1) is 12.5 Å². The first-order chi connectivity index (χ1) is 13.9. The number of hydrogen-bond acceptors (Lipinski definition) is 9. The minimum absolute atomic E-state index is 0.0378. The maximum atomic E-state index is 12.4. The van der Waals surface area contributed by atoms with Gasteiger partial charge in [0.15, 0.2) is 0 Å². The molecule has 0 aromatic carbocycles. The molecule has 170 valence electrons. The fourth-order valence-corrected chi connectivity index (χ4v) is 2.53. The minimum Gasteiger partial charge on any atom is -0.481 e. The van der Waals surface area contributed by atoms with Gasteiger partial charge in [-0.1, -0.05) is 0 Å². The number of primary amides is 1. The molecular weight excluding hydrogens is 442 g/mol. The van der Waals surface area contributed by atoms with Crippen LogP contribution in [0.1, 0.15) is 19.3 Å². The number of rotatable bonds is 14. The van der Waals surface area contributed by atoms with Gasteiger partial charge in [-0.3, -0.25) is 24.0 Å². The highest BCUT2D eigenvalue weighted by atomic mass is 32.1. The molecule has 15 heteroatoms. The number of carboxylic acids is 2. The van der Waals surface area contributed by atoms with Gasteiger partial charge in [-0.05, 0) is 6.42 Å². The van der Waals surface area contributed by atoms with Gasteiger partial charge in [0.25, 0.3) is 0 Å². The van der Waals surface area contributed by atoms with Crippen LogP contribution in [0.2, 0.25) is 0 Å². The SMILES string of the molecule is NC(=O)CCC(N)C(=O)NC(CS)C(=O)NC(CS)C(=O)NC(CC(=O)O)C(=O)O. The summed E-state index contributed by atoms with van der Waals surface area (Å²) >= 11 is 7.86. The average Bonchev–Trinajstić information content (AvgIpc) is 2.66. The molecule has 0 aliphatic rings. The topological polar surface area (TPSA) is 231 Å². The zero-order valence-electron chi connectivity index (χ0n) is 15.7. The van der Waals surface area contributed by atoms with Crippen molar-refractivity contribution in [3.63, 3.8) is 0 Å². The maximum absolute atomic E-state index is 12.4. The van der Waals surface area contributed by atoms with E-state index in [9.17, 15) is 28.8 Å². The van der Waals surface area contributed by atoms with Crippen molar-refractivity contribution in [3.8, 4) is 0 Å². The molecule has 0 radical (unpaired) electrons. The van der Waals surface area contributed by atoms with E-state index in [4.69, 9.17) is 21.7 Å². The highest BCUT2D eigenvalue weighted by molar-refractivity contribution is 7.80. The Morgan fingerprint density at radius 2 is 1.23 bits per heavy atom. The number of nitrogens with one attached hydrogen (secondary N) is 3. The Labute approximate surface area is 182 Å². The Morgan fingerprint density at radius 3 is 1.60 bits per heavy atom. The van der Waals surface area contributed by atoms with Crippen LogP contribution in [-0.2, 0) is 28.8 Å². The van der Waals surface area contributed by atoms with E-state index < -0.39 is 66.2 Å². The molecule has 0 rings (SSSR count). The lowest BCUT2D eigenvalue weighted by Gasteiger charge is -2.23. The molecule has 9 N–H and O–H groups in total. The quantitative estimate of drug-likeness (QED) is 0.115. The number of aliphatic carboxylic acids is 2. The first-order valence-electron chi connectivity index (χ1n) is 8.54. The fraction of sp³-hybridized carbons (Fsp3) is 0.600. The lowest BCUT2D eigenvalue weighted by Crippen LogP contribution is -2.58. The van der Waals surface area contributed by atoms with Crippen LogP contribution in [0.5, 0.6) is 0 Å². The molecule has 0 aliphatic carbocycles. The zero-order valence-corrected chi connectivity index (χ0v) is 17.5. The number of amides is 4. The second-order valence-electron chi connectivity index (χ2n) is 6.10. The highest BCUT2D eigenvalue weighted by Crippen LogP contribution is 2.00. The van der Waals surface area contributed by atoms with E-state index in [2.05, 4.69) is 35.9 Å². The van der Waals surface area contributed by atoms with Crippen molar-refractivity contribution in [1.82, 2.24) is 16.0 Å². The number of carbonyl (C=O) groups excluding carboxylic acids is 4. The Kier molecular flexibility index (Phi) is 12.5. The van der Waals surface area contributed by atoms with Crippen molar-refractivity contribution in [2.75, 3.05) is 11.5 Å². The van der Waals surface area contributed by atoms with Crippen molar-refractivity contribution in [2.24, 2.45) is 11.5 Å². The fourth-order valence-electron chi connectivity index (χ4n) is 2.02. The van der Waals surface area contributed by atoms with E-state index in [-0.39, 0.29) is 24.3 Å². The molecule has 0 aliphatic heterocycles. The summed E-state index contributed by atoms with van der Waals surface area (Å²) in [4.78, 5) is 69.1. The van der Waals surface area contributed by atoms with Crippen LogP contribution in [-0.4, -0.2) is 81.5 Å². The summed E-state index contributed by atoms with van der Waals surface area (Å²) in [5, 5.41) is 24.3. The van der Waals surface area contributed by atoms with Gasteiger partial charge < -0.3 is 37.6 Å². The van der Waals surface area contributed by atoms with Crippen molar-refractivity contribution in [3.05, 3.63) is 0 Å². The standard InChI is InChI=1S/C15H25N5O8S2/c16-6(1-2-10(17)21)12(24)19-8(4-29)14(26)20-9(5-30)13(25)18-7(15(27)28)3-11(22)23/h6-9,29-30H,1-5,16H2,(H2,17,21)(H,18,25)(H,19,24)(H,20,26)(H,22,23)(H,27,28). The summed E-state index contributed by atoms with van der Waals surface area (Å²) in [6.45, 7) is 0. The molecule has 0 bridgehead atoms. The molecule has 4 atom stereocenters. The average molecular weight is 468 g/mol. The summed E-state index contributed by atoms with van der Waals surface area (Å²) in [5.74, 6) is -6.63. The highest BCUT2D eigenvalue weighted by Gasteiger charge is 2.30. The minimum atomic E-state index is -1.71. The summed E-state index contributed by atoms with van der Waals surface area (Å²) < 4.78 is 0. The molecule has 4 amide bonds. The number of carboxylic acid groups (broad SMARTS) is 2. The third kappa shape index (κ3) is 10.3. The van der Waals surface area contributed by atoms with E-state index >= 15 is 0 Å². The van der Waals surface area contributed by atoms with Crippen molar-refractivity contribution in [2.45, 2.75) is 43.4 Å². The molecule has 4 unspecified atom stereocenters. The van der Waals surface area contributed by atoms with Gasteiger partial charge in [-0.2, -0.15) is 25.3 Å². The molecular formula is C15H25N5O8S2. The van der Waals surface area contributed by atoms with Crippen LogP contribution in [0.25, 0.3) is 0 Å². The van der Waals surface area contributed by atoms with Crippen LogP contribution >= 0.6 is 25.3 Å². The lowest BCUT2D eigenvalue weighted by atomic mass is 10.1. The van der Waals surface area contributed by atoms with Crippen molar-refractivity contribution < 1.29 is 39.0 Å². The Bertz CT molecular complexity index is 677. The predicted octanol–water partition coefficient (Wildman–Crippen LogP) is -3.55. The van der Waals surface area contributed by atoms with E-state index in [0.717, 1.165) is 0 Å². The van der Waals surface area contributed by atoms with Gasteiger partial charge in [0, 0.05) is 17.9 Å². The van der Waals surface area contributed by atoms with Crippen LogP contribution in [0, 0.1) is 0 Å². The van der Waals surface area contributed by atoms with Gasteiger partial charge in [-0.15, -0.1) is 0 Å². The number of carbonyl (C=O) groups is 6. The third-order valence-corrected chi connectivity index (χ3v) is 4.39. The van der Waals surface area contributed by atoms with Gasteiger partial charge >= 0.3 is 11.9 Å². The summed E-state index contributed by atoms with van der Waals surface area (Å²) in [6.07, 6.45) is -1.04. The molecule has 30 heavy (non-hydrogen) atoms. The maximum Gasteiger partial charge on any atom is 0.326 e. The van der Waals surface area contributed by atoms with Crippen LogP contribution < -0.4 is 27.4 Å². The van der Waals surface area contributed by atoms with E-state index in [1.54, 1.807) is 0 Å². The smallest absolute Gasteiger partial charge is 0.326 e. The second kappa shape index (κ2) is 13.7. The molecule has 0 saturated heterocycles. The van der Waals surface area contributed by atoms with Crippen LogP contribution in [0.4, 0.5) is 0 Å². The number of hydrogen-bond donors (Lipinski definition) is 9. The van der Waals surface area contributed by atoms with Crippen LogP contribution in [0.3, 0.4) is 0 Å². The summed E-state index contributed by atoms with van der Waals surface area (Å²) in [5.41, 5.74) is 10.6. The Hall–Kier alpha value is -2.52. The monoisotopic (exact) mass is 467 g/mol. The molecule has 0 aromatic heterocycles. The first-order valence-corrected chi connectivity index (χ1v) is 9.80. The Morgan fingerprint density at radius 1 is 0.800 bits per heavy atom. The normalized spacial score (nSPS) is 14.5. The van der Waals surface area contributed by atoms with E-state index in [0.29, 0.717) is 0 Å². The number of thiol groups is 2. The van der Waals surface area contributed by atoms with E-state index in [1.807, 2.05) is 5.32 Å². The molecule has 0 saturated carbocycles. The summed E-state index contributed by atoms with van der Waals surface area (Å²) in [7, 11) is 0. The predicted molar refractivity (Wildman–Crippen MR) is 110 cm³/mol. The van der Waals surface area contributed by atoms with Gasteiger partial charge in [0.2, 0.25) is 23.6 Å². The molecule has 0 aromatic rings. The third-order valence-electron chi connectivity index (χ3n) is 3.66. The largest absolute Gasteiger partial charge is 0.481 e. The van der Waals surface area contributed by atoms with Crippen LogP contribution in [0.15, 0.2) is 0 Å². The van der Waals surface area contributed by atoms with E-state index in [1.165, 1.54) is 0 Å². The lowest BCUT2D eigenvalue weighted by molar-refractivity contribution is -0.147. The van der Waals surface area contributed by atoms with Crippen molar-refractivity contribution in [1.29, 1.82) is 0 Å². The Balaban J connectivity index is 4.97. The van der Waals surface area contributed by atoms with Gasteiger partial charge in [-0.25, -0.2) is 4.79 Å². The number of nitrogens with two attached hydrogens (primary N) is 2. The first kappa shape index (κ1) is 27.5. The van der Waals surface area contributed by atoms with Crippen molar-refractivity contribution >= 4 is 60.8 Å². The molecule has 0 spiro atoms. The summed E-state index contributed by atoms with van der Waals surface area (Å²) in [6, 6.07) is -5.34. The van der Waals surface area contributed by atoms with Gasteiger partial charge in [0.1, 0.15) is 18.1 Å².